The SMILES string of the molecule is CC1(c2nnc(CNC3CC3)o2)CCCO1. The van der Waals surface area contributed by atoms with Gasteiger partial charge in [-0.05, 0) is 32.6 Å². The summed E-state index contributed by atoms with van der Waals surface area (Å²) in [5.74, 6) is 1.29. The minimum atomic E-state index is -0.356. The molecule has 0 amide bonds. The maximum absolute atomic E-state index is 5.66. The molecule has 0 spiro atoms. The van der Waals surface area contributed by atoms with E-state index in [2.05, 4.69) is 15.5 Å². The van der Waals surface area contributed by atoms with Gasteiger partial charge in [0.1, 0.15) is 5.60 Å². The van der Waals surface area contributed by atoms with Gasteiger partial charge in [0.2, 0.25) is 11.8 Å². The third kappa shape index (κ3) is 1.97. The van der Waals surface area contributed by atoms with Gasteiger partial charge in [-0.25, -0.2) is 0 Å². The number of hydrogen-bond acceptors (Lipinski definition) is 5. The molecule has 0 bridgehead atoms. The lowest BCUT2D eigenvalue weighted by Crippen LogP contribution is -2.20. The van der Waals surface area contributed by atoms with Gasteiger partial charge in [0, 0.05) is 12.6 Å². The monoisotopic (exact) mass is 223 g/mol. The molecule has 0 radical (unpaired) electrons. The third-order valence-electron chi connectivity index (χ3n) is 3.26. The number of ether oxygens (including phenoxy) is 1. The average molecular weight is 223 g/mol. The van der Waals surface area contributed by atoms with Crippen LogP contribution >= 0.6 is 0 Å². The Labute approximate surface area is 94.6 Å². The summed E-state index contributed by atoms with van der Waals surface area (Å²) >= 11 is 0. The molecule has 88 valence electrons. The minimum absolute atomic E-state index is 0.356. The van der Waals surface area contributed by atoms with Crippen LogP contribution in [0.1, 0.15) is 44.4 Å². The van der Waals surface area contributed by atoms with Gasteiger partial charge in [-0.2, -0.15) is 0 Å². The molecule has 16 heavy (non-hydrogen) atoms. The van der Waals surface area contributed by atoms with Gasteiger partial charge in [-0.3, -0.25) is 0 Å². The van der Waals surface area contributed by atoms with Crippen LogP contribution in [0.3, 0.4) is 0 Å². The fourth-order valence-corrected chi connectivity index (χ4v) is 2.01. The van der Waals surface area contributed by atoms with Crippen LogP contribution in [0.2, 0.25) is 0 Å². The molecule has 1 atom stereocenters. The molecule has 2 fully saturated rings. The lowest BCUT2D eigenvalue weighted by molar-refractivity contribution is -0.00620. The van der Waals surface area contributed by atoms with E-state index in [9.17, 15) is 0 Å². The van der Waals surface area contributed by atoms with Gasteiger partial charge in [0.05, 0.1) is 6.54 Å². The molecule has 1 aliphatic heterocycles. The molecule has 3 rings (SSSR count). The molecule has 1 aromatic rings. The van der Waals surface area contributed by atoms with Crippen molar-refractivity contribution in [2.75, 3.05) is 6.61 Å². The van der Waals surface area contributed by atoms with E-state index < -0.39 is 0 Å². The number of aromatic nitrogens is 2. The molecule has 5 nitrogen and oxygen atoms in total. The van der Waals surface area contributed by atoms with Crippen LogP contribution in [-0.4, -0.2) is 22.8 Å². The summed E-state index contributed by atoms with van der Waals surface area (Å²) in [4.78, 5) is 0. The Morgan fingerprint density at radius 1 is 1.44 bits per heavy atom. The summed E-state index contributed by atoms with van der Waals surface area (Å²) < 4.78 is 11.3. The Bertz CT molecular complexity index is 367. The molecule has 1 aromatic heterocycles. The molecule has 1 aliphatic carbocycles. The second-order valence-electron chi connectivity index (χ2n) is 4.84. The van der Waals surface area contributed by atoms with Gasteiger partial charge < -0.3 is 14.5 Å². The predicted molar refractivity (Wildman–Crippen MR) is 56.7 cm³/mol. The van der Waals surface area contributed by atoms with E-state index in [1.54, 1.807) is 0 Å². The van der Waals surface area contributed by atoms with E-state index in [1.165, 1.54) is 12.8 Å². The number of hydrogen-bond donors (Lipinski definition) is 1. The smallest absolute Gasteiger partial charge is 0.248 e. The van der Waals surface area contributed by atoms with Crippen molar-refractivity contribution in [2.45, 2.75) is 50.8 Å². The van der Waals surface area contributed by atoms with Crippen molar-refractivity contribution in [3.63, 3.8) is 0 Å². The van der Waals surface area contributed by atoms with Gasteiger partial charge in [0.15, 0.2) is 0 Å². The van der Waals surface area contributed by atoms with Crippen molar-refractivity contribution in [3.8, 4) is 0 Å². The molecule has 0 aromatic carbocycles. The maximum Gasteiger partial charge on any atom is 0.248 e. The molecule has 5 heteroatoms. The lowest BCUT2D eigenvalue weighted by Gasteiger charge is -2.17. The van der Waals surface area contributed by atoms with Crippen LogP contribution in [-0.2, 0) is 16.9 Å². The fourth-order valence-electron chi connectivity index (χ4n) is 2.01. The Balaban J connectivity index is 1.66. The quantitative estimate of drug-likeness (QED) is 0.834. The Morgan fingerprint density at radius 2 is 2.31 bits per heavy atom. The van der Waals surface area contributed by atoms with Crippen LogP contribution in [0.25, 0.3) is 0 Å². The van der Waals surface area contributed by atoms with Crippen LogP contribution < -0.4 is 5.32 Å². The first kappa shape index (κ1) is 10.2. The molecule has 2 heterocycles. The van der Waals surface area contributed by atoms with E-state index in [0.29, 0.717) is 24.4 Å². The largest absolute Gasteiger partial charge is 0.421 e. The van der Waals surface area contributed by atoms with E-state index in [-0.39, 0.29) is 5.60 Å². The zero-order valence-corrected chi connectivity index (χ0v) is 9.53. The average Bonchev–Trinajstić information content (AvgIpc) is 2.79. The highest BCUT2D eigenvalue weighted by molar-refractivity contribution is 4.98. The first-order valence-corrected chi connectivity index (χ1v) is 5.96. The van der Waals surface area contributed by atoms with Crippen LogP contribution in [0.4, 0.5) is 0 Å². The normalized spacial score (nSPS) is 29.8. The van der Waals surface area contributed by atoms with Crippen LogP contribution in [0, 0.1) is 0 Å². The van der Waals surface area contributed by atoms with Crippen LogP contribution in [0.15, 0.2) is 4.42 Å². The van der Waals surface area contributed by atoms with E-state index >= 15 is 0 Å². The molecule has 1 unspecified atom stereocenters. The third-order valence-corrected chi connectivity index (χ3v) is 3.26. The number of rotatable bonds is 4. The predicted octanol–water partition coefficient (Wildman–Crippen LogP) is 1.35. The van der Waals surface area contributed by atoms with Crippen molar-refractivity contribution < 1.29 is 9.15 Å². The molecular formula is C11H17N3O2. The summed E-state index contributed by atoms with van der Waals surface area (Å²) in [5, 5.41) is 11.5. The van der Waals surface area contributed by atoms with Crippen molar-refractivity contribution in [1.29, 1.82) is 0 Å². The highest BCUT2D eigenvalue weighted by Gasteiger charge is 2.37. The second kappa shape index (κ2) is 3.82. The van der Waals surface area contributed by atoms with E-state index in [0.717, 1.165) is 19.4 Å². The number of nitrogens with one attached hydrogen (secondary N) is 1. The molecule has 1 saturated carbocycles. The summed E-state index contributed by atoms with van der Waals surface area (Å²) in [6.07, 6.45) is 4.56. The van der Waals surface area contributed by atoms with Gasteiger partial charge in [0.25, 0.3) is 0 Å². The highest BCUT2D eigenvalue weighted by atomic mass is 16.5. The Morgan fingerprint density at radius 3 is 3.00 bits per heavy atom. The zero-order chi connectivity index (χ0) is 11.0. The summed E-state index contributed by atoms with van der Waals surface area (Å²) in [7, 11) is 0. The first-order chi connectivity index (χ1) is 7.76. The standard InChI is InChI=1S/C11H17N3O2/c1-11(5-2-6-15-11)10-14-13-9(16-10)7-12-8-3-4-8/h8,12H,2-7H2,1H3. The minimum Gasteiger partial charge on any atom is -0.421 e. The summed E-state index contributed by atoms with van der Waals surface area (Å²) in [5.41, 5.74) is -0.356. The molecule has 1 saturated heterocycles. The van der Waals surface area contributed by atoms with Gasteiger partial charge in [-0.15, -0.1) is 10.2 Å². The molecule has 1 N–H and O–H groups in total. The topological polar surface area (TPSA) is 60.2 Å². The summed E-state index contributed by atoms with van der Waals surface area (Å²) in [6.45, 7) is 3.48. The van der Waals surface area contributed by atoms with Gasteiger partial charge in [-0.1, -0.05) is 0 Å². The van der Waals surface area contributed by atoms with Crippen molar-refractivity contribution >= 4 is 0 Å². The van der Waals surface area contributed by atoms with E-state index in [4.69, 9.17) is 9.15 Å². The van der Waals surface area contributed by atoms with Crippen LogP contribution in [0.5, 0.6) is 0 Å². The lowest BCUT2D eigenvalue weighted by atomic mass is 10.0. The zero-order valence-electron chi connectivity index (χ0n) is 9.53. The van der Waals surface area contributed by atoms with Gasteiger partial charge >= 0.3 is 0 Å². The Kier molecular flexibility index (Phi) is 2.44. The highest BCUT2D eigenvalue weighted by Crippen LogP contribution is 2.34. The van der Waals surface area contributed by atoms with Crippen molar-refractivity contribution in [1.82, 2.24) is 15.5 Å². The molecule has 2 aliphatic rings. The summed E-state index contributed by atoms with van der Waals surface area (Å²) in [6, 6.07) is 0.661. The van der Waals surface area contributed by atoms with Crippen molar-refractivity contribution in [2.24, 2.45) is 0 Å². The number of nitrogens with zero attached hydrogens (tertiary/aromatic N) is 2. The first-order valence-electron chi connectivity index (χ1n) is 5.96. The fraction of sp³-hybridized carbons (Fsp3) is 0.818. The Hall–Kier alpha value is -0.940. The maximum atomic E-state index is 5.66. The van der Waals surface area contributed by atoms with Crippen molar-refractivity contribution in [3.05, 3.63) is 11.8 Å². The second-order valence-corrected chi connectivity index (χ2v) is 4.84. The van der Waals surface area contributed by atoms with E-state index in [1.807, 2.05) is 6.92 Å². The molecular weight excluding hydrogens is 206 g/mol.